The highest BCUT2D eigenvalue weighted by atomic mass is 16.4. The van der Waals surface area contributed by atoms with Crippen molar-refractivity contribution in [2.75, 3.05) is 13.1 Å². The van der Waals surface area contributed by atoms with Crippen molar-refractivity contribution in [2.24, 2.45) is 11.8 Å². The molecule has 1 unspecified atom stereocenters. The quantitative estimate of drug-likeness (QED) is 0.782. The number of rotatable bonds is 7. The van der Waals surface area contributed by atoms with Crippen LogP contribution in [0.5, 0.6) is 0 Å². The number of aliphatic carboxylic acids is 1. The zero-order valence-electron chi connectivity index (χ0n) is 13.1. The molecule has 2 rings (SSSR count). The van der Waals surface area contributed by atoms with Gasteiger partial charge in [0.05, 0.1) is 0 Å². The second-order valence-corrected chi connectivity index (χ2v) is 6.82. The summed E-state index contributed by atoms with van der Waals surface area (Å²) < 4.78 is 0. The number of hydrogen-bond acceptors (Lipinski definition) is 2. The summed E-state index contributed by atoms with van der Waals surface area (Å²) in [5.74, 6) is 0.799. The molecule has 4 nitrogen and oxygen atoms in total. The van der Waals surface area contributed by atoms with E-state index in [-0.39, 0.29) is 12.3 Å². The molecule has 1 saturated carbocycles. The van der Waals surface area contributed by atoms with E-state index in [0.29, 0.717) is 18.8 Å². The van der Waals surface area contributed by atoms with Gasteiger partial charge in [-0.2, -0.15) is 0 Å². The number of carbonyl (C=O) groups is 2. The van der Waals surface area contributed by atoms with E-state index in [1.54, 1.807) is 0 Å². The maximum Gasteiger partial charge on any atom is 0.303 e. The van der Waals surface area contributed by atoms with Crippen LogP contribution in [0.3, 0.4) is 0 Å². The van der Waals surface area contributed by atoms with E-state index >= 15 is 0 Å². The molecule has 4 heteroatoms. The summed E-state index contributed by atoms with van der Waals surface area (Å²) in [6.45, 7) is 1.60. The Labute approximate surface area is 127 Å². The Morgan fingerprint density at radius 2 is 1.71 bits per heavy atom. The van der Waals surface area contributed by atoms with Crippen molar-refractivity contribution < 1.29 is 14.7 Å². The minimum absolute atomic E-state index is 0.231. The molecule has 0 radical (unpaired) electrons. The number of nitrogens with zero attached hydrogens (tertiary/aromatic N) is 1. The lowest BCUT2D eigenvalue weighted by Crippen LogP contribution is -2.28. The first-order chi connectivity index (χ1) is 10.1. The van der Waals surface area contributed by atoms with Gasteiger partial charge in [-0.3, -0.25) is 9.59 Å². The van der Waals surface area contributed by atoms with Crippen LogP contribution < -0.4 is 0 Å². The molecule has 120 valence electrons. The Hall–Kier alpha value is -1.06. The topological polar surface area (TPSA) is 57.6 Å². The molecule has 1 amide bonds. The monoisotopic (exact) mass is 295 g/mol. The fourth-order valence-electron chi connectivity index (χ4n) is 3.80. The molecule has 2 fully saturated rings. The molecule has 1 aliphatic carbocycles. The Bertz CT molecular complexity index is 350. The molecule has 21 heavy (non-hydrogen) atoms. The third-order valence-corrected chi connectivity index (χ3v) is 5.13. The first kappa shape index (κ1) is 16.3. The minimum atomic E-state index is -0.729. The van der Waals surface area contributed by atoms with Crippen LogP contribution in [-0.2, 0) is 9.59 Å². The molecule has 0 spiro atoms. The molecule has 0 aromatic carbocycles. The third kappa shape index (κ3) is 5.68. The number of amides is 1. The van der Waals surface area contributed by atoms with E-state index in [9.17, 15) is 9.59 Å². The number of likely N-dealkylation sites (tertiary alicyclic amines) is 1. The molecule has 1 N–H and O–H groups in total. The van der Waals surface area contributed by atoms with Gasteiger partial charge in [0.1, 0.15) is 0 Å². The smallest absolute Gasteiger partial charge is 0.303 e. The van der Waals surface area contributed by atoms with Crippen molar-refractivity contribution in [1.29, 1.82) is 0 Å². The lowest BCUT2D eigenvalue weighted by molar-refractivity contribution is -0.137. The molecule has 1 atom stereocenters. The van der Waals surface area contributed by atoms with Gasteiger partial charge in [-0.15, -0.1) is 0 Å². The van der Waals surface area contributed by atoms with Gasteiger partial charge in [-0.1, -0.05) is 32.1 Å². The van der Waals surface area contributed by atoms with Crippen molar-refractivity contribution >= 4 is 11.9 Å². The van der Waals surface area contributed by atoms with Crippen LogP contribution in [-0.4, -0.2) is 35.0 Å². The van der Waals surface area contributed by atoms with E-state index in [1.165, 1.54) is 38.5 Å². The van der Waals surface area contributed by atoms with Crippen LogP contribution in [0.25, 0.3) is 0 Å². The standard InChI is InChI=1S/C17H29NO3/c19-16(8-4-7-14-5-2-1-3-6-14)18-12-11-15(13-18)9-10-17(20)21/h14-15H,1-13H2,(H,20,21). The maximum absolute atomic E-state index is 12.2. The Morgan fingerprint density at radius 3 is 2.43 bits per heavy atom. The van der Waals surface area contributed by atoms with E-state index in [4.69, 9.17) is 5.11 Å². The summed E-state index contributed by atoms with van der Waals surface area (Å²) in [6.07, 6.45) is 11.7. The number of carboxylic acid groups (broad SMARTS) is 1. The van der Waals surface area contributed by atoms with Gasteiger partial charge in [-0.05, 0) is 37.5 Å². The van der Waals surface area contributed by atoms with Gasteiger partial charge in [0, 0.05) is 25.9 Å². The third-order valence-electron chi connectivity index (χ3n) is 5.13. The van der Waals surface area contributed by atoms with E-state index < -0.39 is 5.97 Å². The number of hydrogen-bond donors (Lipinski definition) is 1. The molecule has 1 heterocycles. The Kier molecular flexibility index (Phi) is 6.52. The van der Waals surface area contributed by atoms with Gasteiger partial charge >= 0.3 is 5.97 Å². The second-order valence-electron chi connectivity index (χ2n) is 6.82. The van der Waals surface area contributed by atoms with E-state index in [1.807, 2.05) is 4.90 Å². The normalized spacial score (nSPS) is 23.4. The summed E-state index contributed by atoms with van der Waals surface area (Å²) in [5.41, 5.74) is 0. The van der Waals surface area contributed by atoms with Gasteiger partial charge in [-0.25, -0.2) is 0 Å². The average Bonchev–Trinajstić information content (AvgIpc) is 2.95. The van der Waals surface area contributed by atoms with Crippen molar-refractivity contribution in [3.63, 3.8) is 0 Å². The van der Waals surface area contributed by atoms with Crippen LogP contribution >= 0.6 is 0 Å². The molecule has 1 saturated heterocycles. The molecular formula is C17H29NO3. The van der Waals surface area contributed by atoms with Gasteiger partial charge in [0.25, 0.3) is 0 Å². The van der Waals surface area contributed by atoms with Crippen LogP contribution in [0.4, 0.5) is 0 Å². The SMILES string of the molecule is O=C(O)CCC1CCN(C(=O)CCCC2CCCCC2)C1. The lowest BCUT2D eigenvalue weighted by atomic mass is 9.86. The van der Waals surface area contributed by atoms with Crippen molar-refractivity contribution in [3.05, 3.63) is 0 Å². The van der Waals surface area contributed by atoms with Gasteiger partial charge in [0.15, 0.2) is 0 Å². The van der Waals surface area contributed by atoms with Crippen LogP contribution in [0.2, 0.25) is 0 Å². The maximum atomic E-state index is 12.2. The fourth-order valence-corrected chi connectivity index (χ4v) is 3.80. The highest BCUT2D eigenvalue weighted by Crippen LogP contribution is 2.28. The molecule has 2 aliphatic rings. The highest BCUT2D eigenvalue weighted by molar-refractivity contribution is 5.76. The molecular weight excluding hydrogens is 266 g/mol. The Balaban J connectivity index is 1.59. The van der Waals surface area contributed by atoms with Crippen molar-refractivity contribution in [2.45, 2.75) is 70.6 Å². The average molecular weight is 295 g/mol. The van der Waals surface area contributed by atoms with E-state index in [2.05, 4.69) is 0 Å². The van der Waals surface area contributed by atoms with Crippen molar-refractivity contribution in [1.82, 2.24) is 4.90 Å². The largest absolute Gasteiger partial charge is 0.481 e. The van der Waals surface area contributed by atoms with Crippen LogP contribution in [0.1, 0.15) is 70.6 Å². The molecule has 1 aliphatic heterocycles. The van der Waals surface area contributed by atoms with Gasteiger partial charge in [0.2, 0.25) is 5.91 Å². The van der Waals surface area contributed by atoms with E-state index in [0.717, 1.165) is 31.8 Å². The summed E-state index contributed by atoms with van der Waals surface area (Å²) in [6, 6.07) is 0. The summed E-state index contributed by atoms with van der Waals surface area (Å²) in [4.78, 5) is 24.7. The second kappa shape index (κ2) is 8.40. The Morgan fingerprint density at radius 1 is 0.952 bits per heavy atom. The zero-order valence-corrected chi connectivity index (χ0v) is 13.1. The fraction of sp³-hybridized carbons (Fsp3) is 0.882. The molecule has 0 aromatic heterocycles. The first-order valence-corrected chi connectivity index (χ1v) is 8.64. The predicted octanol–water partition coefficient (Wildman–Crippen LogP) is 3.45. The summed E-state index contributed by atoms with van der Waals surface area (Å²) >= 11 is 0. The minimum Gasteiger partial charge on any atom is -0.481 e. The number of carbonyl (C=O) groups excluding carboxylic acids is 1. The number of carboxylic acids is 1. The van der Waals surface area contributed by atoms with Crippen molar-refractivity contribution in [3.8, 4) is 0 Å². The lowest BCUT2D eigenvalue weighted by Gasteiger charge is -2.22. The summed E-state index contributed by atoms with van der Waals surface area (Å²) in [5, 5.41) is 8.71. The first-order valence-electron chi connectivity index (χ1n) is 8.64. The predicted molar refractivity (Wildman–Crippen MR) is 82.0 cm³/mol. The summed E-state index contributed by atoms with van der Waals surface area (Å²) in [7, 11) is 0. The van der Waals surface area contributed by atoms with Crippen LogP contribution in [0, 0.1) is 11.8 Å². The zero-order chi connectivity index (χ0) is 15.1. The van der Waals surface area contributed by atoms with Crippen LogP contribution in [0.15, 0.2) is 0 Å². The molecule has 0 bridgehead atoms. The van der Waals surface area contributed by atoms with Gasteiger partial charge < -0.3 is 10.0 Å². The highest BCUT2D eigenvalue weighted by Gasteiger charge is 2.26. The molecule has 0 aromatic rings.